The van der Waals surface area contributed by atoms with E-state index in [4.69, 9.17) is 13.8 Å². The molecule has 0 fully saturated rings. The van der Waals surface area contributed by atoms with Crippen LogP contribution in [0.3, 0.4) is 0 Å². The van der Waals surface area contributed by atoms with Crippen LogP contribution in [0.5, 0.6) is 0 Å². The Morgan fingerprint density at radius 2 is 0.701 bits per heavy atom. The molecule has 10 heteroatoms. The summed E-state index contributed by atoms with van der Waals surface area (Å²) in [6.07, 6.45) is 85.3. The highest BCUT2D eigenvalue weighted by molar-refractivity contribution is 7.45. The fourth-order valence-corrected chi connectivity index (χ4v) is 12.1. The largest absolute Gasteiger partial charge is 0.756 e. The molecule has 0 radical (unpaired) electrons. The lowest BCUT2D eigenvalue weighted by Crippen LogP contribution is -2.47. The zero-order valence-electron chi connectivity index (χ0n) is 58.7. The summed E-state index contributed by atoms with van der Waals surface area (Å²) in [5.74, 6) is -0.522. The van der Waals surface area contributed by atoms with Gasteiger partial charge in [0.2, 0.25) is 5.91 Å². The molecule has 0 spiro atoms. The number of phosphoric ester groups is 1. The molecule has 0 aromatic carbocycles. The number of likely N-dealkylation sites (N-methyl/N-ethyl adjacent to an activating group) is 1. The molecule has 3 unspecified atom stereocenters. The quantitative estimate of drug-likeness (QED) is 0.0212. The average Bonchev–Trinajstić information content (AvgIpc) is 3.70. The Morgan fingerprint density at radius 1 is 0.402 bits per heavy atom. The van der Waals surface area contributed by atoms with Crippen molar-refractivity contribution in [2.75, 3.05) is 40.9 Å². The zero-order valence-corrected chi connectivity index (χ0v) is 59.6. The van der Waals surface area contributed by atoms with Gasteiger partial charge in [0.15, 0.2) is 0 Å². The van der Waals surface area contributed by atoms with Crippen molar-refractivity contribution in [3.05, 3.63) is 48.6 Å². The van der Waals surface area contributed by atoms with E-state index in [1.807, 2.05) is 33.3 Å². The standard InChI is InChI=1S/C77H147N2O7P/c1-7-10-13-16-19-22-25-28-30-32-34-36-37-38-39-40-41-43-45-47-49-52-55-58-61-64-67-70-77(81)86-75(68-65-62-59-56-53-50-27-24-21-18-15-12-9-3)74(73-85-87(82,83)84-72-71-79(4,5)6)78-76(80)69-66-63-60-57-54-51-48-46-44-42-35-33-31-29-26-23-20-17-14-11-8-2/h19,22,28-31,65,68,74-75H,7-18,20-21,23-27,32-64,66-67,69-73H2,1-6H3,(H-,78,80,82,83)/b22-19-,30-28-,31-29+,68-65-. The van der Waals surface area contributed by atoms with Crippen LogP contribution in [0, 0.1) is 0 Å². The Morgan fingerprint density at radius 3 is 1.07 bits per heavy atom. The van der Waals surface area contributed by atoms with Gasteiger partial charge in [-0.1, -0.05) is 327 Å². The van der Waals surface area contributed by atoms with Gasteiger partial charge in [-0.3, -0.25) is 14.2 Å². The topological polar surface area (TPSA) is 114 Å². The number of hydrogen-bond acceptors (Lipinski definition) is 7. The van der Waals surface area contributed by atoms with Gasteiger partial charge in [0.25, 0.3) is 7.82 Å². The molecule has 512 valence electrons. The molecule has 3 atom stereocenters. The predicted molar refractivity (Wildman–Crippen MR) is 376 cm³/mol. The molecule has 87 heavy (non-hydrogen) atoms. The number of carbonyl (C=O) groups excluding carboxylic acids is 2. The summed E-state index contributed by atoms with van der Waals surface area (Å²) in [7, 11) is 1.20. The highest BCUT2D eigenvalue weighted by Gasteiger charge is 2.27. The number of unbranched alkanes of at least 4 members (excludes halogenated alkanes) is 48. The van der Waals surface area contributed by atoms with Crippen LogP contribution in [-0.2, 0) is 27.9 Å². The first-order valence-electron chi connectivity index (χ1n) is 37.9. The SMILES string of the molecule is CCCCC/C=C\C/C=C\CCCCCCCCCCCCCCCCCCCC(=O)OC(/C=C\CCCCCCCCCCCCC)C(COP(=O)([O-])OCC[N+](C)(C)C)NC(=O)CCCCCCCCCCCCC/C=C/CCCCCCCC. The van der Waals surface area contributed by atoms with Gasteiger partial charge < -0.3 is 28.5 Å². The van der Waals surface area contributed by atoms with Crippen LogP contribution >= 0.6 is 7.82 Å². The highest BCUT2D eigenvalue weighted by atomic mass is 31.2. The average molecular weight is 1240 g/mol. The Hall–Kier alpha value is -2.03. The molecule has 0 saturated heterocycles. The molecule has 0 saturated carbocycles. The molecule has 1 amide bonds. The fraction of sp³-hybridized carbons (Fsp3) is 0.870. The number of allylic oxidation sites excluding steroid dienone is 7. The lowest BCUT2D eigenvalue weighted by Gasteiger charge is -2.30. The van der Waals surface area contributed by atoms with Crippen LogP contribution in [0.15, 0.2) is 48.6 Å². The second-order valence-electron chi connectivity index (χ2n) is 27.1. The van der Waals surface area contributed by atoms with Gasteiger partial charge in [0.1, 0.15) is 19.3 Å². The summed E-state index contributed by atoms with van der Waals surface area (Å²) in [5, 5.41) is 3.05. The molecule has 9 nitrogen and oxygen atoms in total. The van der Waals surface area contributed by atoms with E-state index in [-0.39, 0.29) is 31.5 Å². The van der Waals surface area contributed by atoms with Crippen molar-refractivity contribution in [2.45, 2.75) is 392 Å². The maximum absolute atomic E-state index is 13.6. The fourth-order valence-electron chi connectivity index (χ4n) is 11.4. The predicted octanol–water partition coefficient (Wildman–Crippen LogP) is 23.7. The zero-order chi connectivity index (χ0) is 63.5. The van der Waals surface area contributed by atoms with Crippen molar-refractivity contribution in [2.24, 2.45) is 0 Å². The molecular formula is C77H147N2O7P. The van der Waals surface area contributed by atoms with E-state index in [0.717, 1.165) is 64.2 Å². The third-order valence-electron chi connectivity index (χ3n) is 17.2. The van der Waals surface area contributed by atoms with Crippen molar-refractivity contribution in [3.8, 4) is 0 Å². The van der Waals surface area contributed by atoms with E-state index in [1.165, 1.54) is 283 Å². The van der Waals surface area contributed by atoms with E-state index in [0.29, 0.717) is 17.4 Å². The Labute approximate surface area is 541 Å². The molecule has 0 aliphatic rings. The van der Waals surface area contributed by atoms with Crippen molar-refractivity contribution in [3.63, 3.8) is 0 Å². The third kappa shape index (κ3) is 68.2. The monoisotopic (exact) mass is 1240 g/mol. The molecule has 1 N–H and O–H groups in total. The molecule has 0 rings (SSSR count). The van der Waals surface area contributed by atoms with Crippen LogP contribution in [0.2, 0.25) is 0 Å². The number of rotatable bonds is 70. The van der Waals surface area contributed by atoms with E-state index in [2.05, 4.69) is 62.5 Å². The molecule has 0 heterocycles. The second kappa shape index (κ2) is 66.9. The lowest BCUT2D eigenvalue weighted by molar-refractivity contribution is -0.870. The summed E-state index contributed by atoms with van der Waals surface area (Å²) in [6, 6.07) is -0.888. The molecule has 0 aromatic rings. The molecule has 0 bridgehead atoms. The van der Waals surface area contributed by atoms with E-state index in [1.54, 1.807) is 0 Å². The maximum atomic E-state index is 13.6. The van der Waals surface area contributed by atoms with Crippen molar-refractivity contribution in [1.29, 1.82) is 0 Å². The van der Waals surface area contributed by atoms with Gasteiger partial charge in [-0.05, 0) is 89.5 Å². The van der Waals surface area contributed by atoms with E-state index < -0.39 is 20.0 Å². The molecular weight excluding hydrogens is 1100 g/mol. The van der Waals surface area contributed by atoms with Gasteiger partial charge in [-0.25, -0.2) is 0 Å². The maximum Gasteiger partial charge on any atom is 0.306 e. The molecule has 0 aromatic heterocycles. The summed E-state index contributed by atoms with van der Waals surface area (Å²) in [4.78, 5) is 40.3. The summed E-state index contributed by atoms with van der Waals surface area (Å²) in [5.41, 5.74) is 0. The number of carbonyl (C=O) groups is 2. The Kier molecular flexibility index (Phi) is 65.3. The van der Waals surface area contributed by atoms with Crippen molar-refractivity contribution >= 4 is 19.7 Å². The van der Waals surface area contributed by atoms with Gasteiger partial charge in [-0.15, -0.1) is 0 Å². The van der Waals surface area contributed by atoms with Gasteiger partial charge in [0, 0.05) is 12.8 Å². The van der Waals surface area contributed by atoms with Gasteiger partial charge >= 0.3 is 5.97 Å². The number of hydrogen-bond donors (Lipinski definition) is 1. The first kappa shape index (κ1) is 85.0. The van der Waals surface area contributed by atoms with Crippen LogP contribution in [0.25, 0.3) is 0 Å². The number of esters is 1. The minimum absolute atomic E-state index is 0.0202. The minimum atomic E-state index is -4.71. The summed E-state index contributed by atoms with van der Waals surface area (Å²) in [6.45, 7) is 6.88. The Balaban J connectivity index is 4.99. The van der Waals surface area contributed by atoms with E-state index in [9.17, 15) is 19.0 Å². The first-order valence-corrected chi connectivity index (χ1v) is 39.4. The number of amides is 1. The van der Waals surface area contributed by atoms with Crippen molar-refractivity contribution < 1.29 is 37.3 Å². The third-order valence-corrected chi connectivity index (χ3v) is 18.2. The number of quaternary nitrogens is 1. The number of nitrogens with one attached hydrogen (secondary N) is 1. The van der Waals surface area contributed by atoms with Gasteiger partial charge in [-0.2, -0.15) is 0 Å². The lowest BCUT2D eigenvalue weighted by atomic mass is 10.0. The molecule has 0 aliphatic heterocycles. The number of nitrogens with zero attached hydrogens (tertiary/aromatic N) is 1. The second-order valence-corrected chi connectivity index (χ2v) is 28.6. The van der Waals surface area contributed by atoms with Crippen LogP contribution < -0.4 is 10.2 Å². The number of phosphoric acid groups is 1. The van der Waals surface area contributed by atoms with E-state index >= 15 is 0 Å². The molecule has 0 aliphatic carbocycles. The summed E-state index contributed by atoms with van der Waals surface area (Å²) >= 11 is 0. The Bertz CT molecular complexity index is 1620. The normalized spacial score (nSPS) is 13.7. The van der Waals surface area contributed by atoms with Crippen LogP contribution in [0.1, 0.15) is 380 Å². The van der Waals surface area contributed by atoms with Crippen LogP contribution in [0.4, 0.5) is 0 Å². The van der Waals surface area contributed by atoms with Gasteiger partial charge in [0.05, 0.1) is 33.8 Å². The minimum Gasteiger partial charge on any atom is -0.756 e. The number of ether oxygens (including phenoxy) is 1. The van der Waals surface area contributed by atoms with Crippen LogP contribution in [-0.4, -0.2) is 69.4 Å². The van der Waals surface area contributed by atoms with Crippen molar-refractivity contribution in [1.82, 2.24) is 5.32 Å². The first-order chi connectivity index (χ1) is 42.4. The smallest absolute Gasteiger partial charge is 0.306 e. The highest BCUT2D eigenvalue weighted by Crippen LogP contribution is 2.38. The summed E-state index contributed by atoms with van der Waals surface area (Å²) < 4.78 is 30.5.